The molecular formula is C19H21N3S2. The van der Waals surface area contributed by atoms with Crippen molar-refractivity contribution in [2.24, 2.45) is 0 Å². The Kier molecular flexibility index (Phi) is 3.78. The molecule has 5 rings (SSSR count). The fourth-order valence-corrected chi connectivity index (χ4v) is 6.36. The Hall–Kier alpha value is -1.46. The van der Waals surface area contributed by atoms with E-state index in [1.54, 1.807) is 16.8 Å². The minimum absolute atomic E-state index is 0.490. The van der Waals surface area contributed by atoms with Crippen LogP contribution in [0.25, 0.3) is 10.2 Å². The fourth-order valence-electron chi connectivity index (χ4n) is 4.26. The number of rotatable bonds is 2. The second-order valence-corrected chi connectivity index (χ2v) is 8.87. The Morgan fingerprint density at radius 2 is 2.04 bits per heavy atom. The molecule has 3 aromatic rings. The number of nitrogens with zero attached hydrogens (tertiary/aromatic N) is 3. The van der Waals surface area contributed by atoms with E-state index in [1.165, 1.54) is 65.9 Å². The molecule has 0 N–H and O–H groups in total. The van der Waals surface area contributed by atoms with Gasteiger partial charge in [0.25, 0.3) is 0 Å². The monoisotopic (exact) mass is 355 g/mol. The molecule has 3 aromatic heterocycles. The Balaban J connectivity index is 1.65. The molecule has 5 heteroatoms. The van der Waals surface area contributed by atoms with Gasteiger partial charge in [0.2, 0.25) is 0 Å². The highest BCUT2D eigenvalue weighted by Crippen LogP contribution is 2.43. The number of fused-ring (bicyclic) bond motifs is 3. The van der Waals surface area contributed by atoms with Gasteiger partial charge in [-0.15, -0.1) is 22.7 Å². The lowest BCUT2D eigenvalue weighted by molar-refractivity contribution is 0.712. The average Bonchev–Trinajstić information content (AvgIpc) is 3.31. The van der Waals surface area contributed by atoms with E-state index < -0.39 is 0 Å². The van der Waals surface area contributed by atoms with Crippen molar-refractivity contribution in [3.63, 3.8) is 0 Å². The lowest BCUT2D eigenvalue weighted by atomic mass is 10.1. The van der Waals surface area contributed by atoms with Crippen LogP contribution in [0.4, 0.5) is 5.82 Å². The van der Waals surface area contributed by atoms with E-state index in [1.807, 2.05) is 22.7 Å². The SMILES string of the molecule is c1csc([C@@H]2CCCN2c2ncnc3sc4c(c23)CCCCC4)c1. The predicted molar refractivity (Wildman–Crippen MR) is 102 cm³/mol. The first-order chi connectivity index (χ1) is 11.9. The van der Waals surface area contributed by atoms with Crippen LogP contribution in [0, 0.1) is 0 Å². The Bertz CT molecular complexity index is 853. The molecule has 24 heavy (non-hydrogen) atoms. The largest absolute Gasteiger partial charge is 0.348 e. The molecule has 3 nitrogen and oxygen atoms in total. The molecule has 1 saturated heterocycles. The number of anilines is 1. The summed E-state index contributed by atoms with van der Waals surface area (Å²) in [6.07, 6.45) is 10.7. The van der Waals surface area contributed by atoms with Crippen molar-refractivity contribution in [3.8, 4) is 0 Å². The van der Waals surface area contributed by atoms with E-state index >= 15 is 0 Å². The topological polar surface area (TPSA) is 29.0 Å². The maximum absolute atomic E-state index is 4.79. The number of hydrogen-bond acceptors (Lipinski definition) is 5. The Morgan fingerprint density at radius 1 is 1.08 bits per heavy atom. The molecule has 4 heterocycles. The van der Waals surface area contributed by atoms with Gasteiger partial charge >= 0.3 is 0 Å². The molecule has 0 unspecified atom stereocenters. The highest BCUT2D eigenvalue weighted by molar-refractivity contribution is 7.19. The van der Waals surface area contributed by atoms with Gasteiger partial charge in [0.1, 0.15) is 17.0 Å². The highest BCUT2D eigenvalue weighted by atomic mass is 32.1. The van der Waals surface area contributed by atoms with Gasteiger partial charge in [-0.1, -0.05) is 12.5 Å². The van der Waals surface area contributed by atoms with Crippen molar-refractivity contribution in [2.75, 3.05) is 11.4 Å². The minimum atomic E-state index is 0.490. The quantitative estimate of drug-likeness (QED) is 0.579. The van der Waals surface area contributed by atoms with Crippen molar-refractivity contribution >= 4 is 38.7 Å². The van der Waals surface area contributed by atoms with Crippen molar-refractivity contribution in [2.45, 2.75) is 51.0 Å². The molecule has 0 spiro atoms. The summed E-state index contributed by atoms with van der Waals surface area (Å²) < 4.78 is 0. The second kappa shape index (κ2) is 6.12. The van der Waals surface area contributed by atoms with Gasteiger partial charge < -0.3 is 4.90 Å². The van der Waals surface area contributed by atoms with Crippen LogP contribution in [0.3, 0.4) is 0 Å². The zero-order chi connectivity index (χ0) is 15.9. The Labute approximate surface area is 150 Å². The predicted octanol–water partition coefficient (Wildman–Crippen LogP) is 5.36. The first kappa shape index (κ1) is 14.8. The van der Waals surface area contributed by atoms with Crippen LogP contribution in [-0.4, -0.2) is 16.5 Å². The van der Waals surface area contributed by atoms with Gasteiger partial charge in [0.15, 0.2) is 0 Å². The summed E-state index contributed by atoms with van der Waals surface area (Å²) in [4.78, 5) is 16.2. The summed E-state index contributed by atoms with van der Waals surface area (Å²) in [6.45, 7) is 1.11. The lowest BCUT2D eigenvalue weighted by Gasteiger charge is -2.25. The van der Waals surface area contributed by atoms with E-state index in [4.69, 9.17) is 4.98 Å². The van der Waals surface area contributed by atoms with Gasteiger partial charge in [0.05, 0.1) is 11.4 Å². The number of aromatic nitrogens is 2. The third-order valence-corrected chi connectivity index (χ3v) is 7.55. The zero-order valence-electron chi connectivity index (χ0n) is 13.7. The summed E-state index contributed by atoms with van der Waals surface area (Å²) in [5.74, 6) is 1.19. The summed E-state index contributed by atoms with van der Waals surface area (Å²) in [5, 5.41) is 3.56. The van der Waals surface area contributed by atoms with E-state index in [0.29, 0.717) is 6.04 Å². The van der Waals surface area contributed by atoms with Crippen molar-refractivity contribution in [1.29, 1.82) is 0 Å². The molecule has 1 aliphatic carbocycles. The fraction of sp³-hybridized carbons (Fsp3) is 0.474. The van der Waals surface area contributed by atoms with Crippen LogP contribution in [0.1, 0.15) is 53.5 Å². The molecule has 1 aliphatic heterocycles. The van der Waals surface area contributed by atoms with E-state index in [-0.39, 0.29) is 0 Å². The van der Waals surface area contributed by atoms with Crippen LogP contribution in [0.15, 0.2) is 23.8 Å². The van der Waals surface area contributed by atoms with Gasteiger partial charge in [-0.25, -0.2) is 9.97 Å². The minimum Gasteiger partial charge on any atom is -0.348 e. The standard InChI is InChI=1S/C19H21N3S2/c1-2-6-13-15(8-3-1)24-19-17(13)18(20-12-21-19)22-10-4-7-14(22)16-9-5-11-23-16/h5,9,11-12,14H,1-4,6-8,10H2/t14-/m0/s1. The van der Waals surface area contributed by atoms with Crippen LogP contribution in [0.5, 0.6) is 0 Å². The van der Waals surface area contributed by atoms with Crippen LogP contribution < -0.4 is 4.90 Å². The number of hydrogen-bond donors (Lipinski definition) is 0. The van der Waals surface area contributed by atoms with Crippen molar-refractivity contribution in [3.05, 3.63) is 39.2 Å². The zero-order valence-corrected chi connectivity index (χ0v) is 15.3. The number of thiophene rings is 2. The summed E-state index contributed by atoms with van der Waals surface area (Å²) >= 11 is 3.79. The molecule has 0 saturated carbocycles. The molecule has 0 radical (unpaired) electrons. The maximum Gasteiger partial charge on any atom is 0.141 e. The first-order valence-electron chi connectivity index (χ1n) is 8.97. The average molecular weight is 356 g/mol. The Morgan fingerprint density at radius 3 is 2.96 bits per heavy atom. The van der Waals surface area contributed by atoms with Crippen LogP contribution in [0.2, 0.25) is 0 Å². The summed E-state index contributed by atoms with van der Waals surface area (Å²) in [7, 11) is 0. The number of aryl methyl sites for hydroxylation is 2. The molecule has 124 valence electrons. The molecule has 0 aromatic carbocycles. The molecule has 0 bridgehead atoms. The van der Waals surface area contributed by atoms with Crippen LogP contribution in [-0.2, 0) is 12.8 Å². The molecule has 1 atom stereocenters. The van der Waals surface area contributed by atoms with Gasteiger partial charge in [0, 0.05) is 16.3 Å². The smallest absolute Gasteiger partial charge is 0.141 e. The van der Waals surface area contributed by atoms with Crippen molar-refractivity contribution < 1.29 is 0 Å². The highest BCUT2D eigenvalue weighted by Gasteiger charge is 2.31. The lowest BCUT2D eigenvalue weighted by Crippen LogP contribution is -2.23. The molecule has 2 aliphatic rings. The summed E-state index contributed by atoms with van der Waals surface area (Å²) in [6, 6.07) is 4.94. The third kappa shape index (κ3) is 2.37. The summed E-state index contributed by atoms with van der Waals surface area (Å²) in [5.41, 5.74) is 1.56. The molecule has 1 fully saturated rings. The van der Waals surface area contributed by atoms with E-state index in [2.05, 4.69) is 27.4 Å². The van der Waals surface area contributed by atoms with Gasteiger partial charge in [-0.05, 0) is 55.5 Å². The molecule has 0 amide bonds. The van der Waals surface area contributed by atoms with Gasteiger partial charge in [-0.2, -0.15) is 0 Å². The van der Waals surface area contributed by atoms with E-state index in [0.717, 1.165) is 6.54 Å². The maximum atomic E-state index is 4.79. The van der Waals surface area contributed by atoms with E-state index in [9.17, 15) is 0 Å². The van der Waals surface area contributed by atoms with Crippen LogP contribution >= 0.6 is 22.7 Å². The van der Waals surface area contributed by atoms with Gasteiger partial charge in [-0.3, -0.25) is 0 Å². The second-order valence-electron chi connectivity index (χ2n) is 6.81. The molecular weight excluding hydrogens is 334 g/mol. The normalized spacial score (nSPS) is 21.2. The third-order valence-electron chi connectivity index (χ3n) is 5.38. The first-order valence-corrected chi connectivity index (χ1v) is 10.7. The van der Waals surface area contributed by atoms with Crippen molar-refractivity contribution in [1.82, 2.24) is 9.97 Å².